The molecule has 6 N–H and O–H groups in total. The van der Waals surface area contributed by atoms with Crippen LogP contribution in [0.2, 0.25) is 5.15 Å². The van der Waals surface area contributed by atoms with Gasteiger partial charge in [-0.3, -0.25) is 4.72 Å². The van der Waals surface area contributed by atoms with E-state index in [0.29, 0.717) is 60.4 Å². The van der Waals surface area contributed by atoms with E-state index in [1.54, 1.807) is 18.2 Å². The fraction of sp³-hybridized carbons (Fsp3) is 0.541. The van der Waals surface area contributed by atoms with E-state index in [9.17, 15) is 18.0 Å². The monoisotopic (exact) mass is 1980 g/mol. The van der Waals surface area contributed by atoms with Gasteiger partial charge in [-0.15, -0.1) is 24.8 Å². The SMILES string of the molecule is Cc1nc2c(I)nn(C3CCCCO3)c2nc1Cl.Cc1nc2c(I)nn(C3CCCCO3)c2nc1N1CCC2(CC1)Oc1ccc(F)cc1[C@H]2N.Cc1nc2c(I)nn(C3CCCCO3)c2nc1N1CCC2(CC1)Oc1ccc(F)cc1[C@H]2NC(=O)OC(C)(C)C.Cl.Cl.N[C@@H]1c2cc(F)ccc2OC12CCNCC2.[2H]F.[F-].[K+]. The van der Waals surface area contributed by atoms with Gasteiger partial charge in [-0.1, -0.05) is 11.6 Å². The standard InChI is InChI=1S/C28H34FIN6O4.C23H26FIN6O2.C12H15FN2O.C11H12ClIN4O.2ClH.2FH.K/c1-16-24(33-25-21(31-16)23(30)34-36(25)20-7-5-6-14-38-20)35-12-10-28(11-13-35)22(32-26(37)40-27(2,3)4)18-15-17(29)8-9-19(18)39-28;1-13-21(28-22-18(27-13)20(25)29-31(22)17-4-2-3-11-32-17)30-9-7-23(8-10-30)19(26)15-12-14(24)5-6-16(15)33-23;13-8-1-2-10-9(7-8)11(14)12(16-10)3-5-15-6-4-12;1-6-9(12)15-11-8(14-6)10(13)16-17(11)7-4-2-3-5-18-7;;;;;/h8-9,15,20,22H,5-7,10-14H2,1-4H3,(H,32,37);5-6,12,17,19H,2-4,7-11,26H2,1H3;1-2,7,11,15H,3-6,14H2;7H,2-5H2,1H3;4*1H;/q;;;;;;;;+1/p-1/t20?,22-;17?,19-;11-;;;;;;/m111....../s1/i/hD. The summed E-state index contributed by atoms with van der Waals surface area (Å²) in [4.78, 5) is 46.0. The fourth-order valence-corrected chi connectivity index (χ4v) is 18.0. The van der Waals surface area contributed by atoms with Crippen LogP contribution in [0.4, 0.5) is 34.3 Å². The summed E-state index contributed by atoms with van der Waals surface area (Å²) in [5.74, 6) is 2.78. The first kappa shape index (κ1) is 88.5. The van der Waals surface area contributed by atoms with Gasteiger partial charge < -0.3 is 69.8 Å². The number of benzene rings is 3. The van der Waals surface area contributed by atoms with Gasteiger partial charge in [0.2, 0.25) is 0 Å². The van der Waals surface area contributed by atoms with Gasteiger partial charge in [0.15, 0.2) is 63.5 Å². The average Bonchev–Trinajstić information content (AvgIpc) is 1.60. The van der Waals surface area contributed by atoms with Crippen molar-refractivity contribution in [2.45, 2.75) is 197 Å². The van der Waals surface area contributed by atoms with Gasteiger partial charge in [-0.2, -0.15) is 15.3 Å². The number of carbonyl (C=O) groups is 1. The quantitative estimate of drug-likeness (QED) is 0.0685. The van der Waals surface area contributed by atoms with Crippen molar-refractivity contribution in [2.24, 2.45) is 11.5 Å². The molecule has 6 aromatic heterocycles. The number of nitrogens with two attached hydrogens (primary N) is 2. The zero-order valence-corrected chi connectivity index (χ0v) is 75.0. The van der Waals surface area contributed by atoms with E-state index in [1.807, 2.05) is 55.6 Å². The molecule has 0 bridgehead atoms. The number of ether oxygens (including phenoxy) is 7. The molecule has 6 saturated heterocycles. The van der Waals surface area contributed by atoms with E-state index in [4.69, 9.17) is 91.1 Å². The topological polar surface area (TPSA) is 295 Å². The first-order valence-corrected chi connectivity index (χ1v) is 40.4. The number of fused-ring (bicyclic) bond motifs is 6. The van der Waals surface area contributed by atoms with Crippen molar-refractivity contribution in [3.8, 4) is 17.2 Å². The Balaban J connectivity index is 0.000000166. The van der Waals surface area contributed by atoms with E-state index in [2.05, 4.69) is 105 Å². The number of anilines is 2. The molecule has 26 nitrogen and oxygen atoms in total. The largest absolute Gasteiger partial charge is 1.00 e. The molecule has 6 atom stereocenters. The number of hydrogen-bond acceptors (Lipinski definition) is 22. The fourth-order valence-electron chi connectivity index (χ4n) is 16.0. The number of hydrogen-bond donors (Lipinski definition) is 4. The van der Waals surface area contributed by atoms with E-state index < -0.39 is 28.9 Å². The van der Waals surface area contributed by atoms with E-state index in [-0.39, 0.29) is 135 Å². The van der Waals surface area contributed by atoms with Crippen molar-refractivity contribution >= 4 is 155 Å². The average molecular weight is 1980 g/mol. The second kappa shape index (κ2) is 37.3. The van der Waals surface area contributed by atoms with Crippen molar-refractivity contribution in [3.63, 3.8) is 0 Å². The van der Waals surface area contributed by atoms with Crippen molar-refractivity contribution in [2.75, 3.05) is 68.9 Å². The molecule has 3 aromatic carbocycles. The van der Waals surface area contributed by atoms with Crippen LogP contribution in [0.25, 0.3) is 33.5 Å². The molecule has 38 heteroatoms. The predicted octanol–water partition coefficient (Wildman–Crippen LogP) is 9.02. The third kappa shape index (κ3) is 18.4. The Kier molecular flexibility index (Phi) is 29.5. The molecule has 112 heavy (non-hydrogen) atoms. The number of piperidine rings is 3. The molecule has 0 radical (unpaired) electrons. The van der Waals surface area contributed by atoms with Crippen molar-refractivity contribution in [1.29, 1.82) is 1.45 Å². The van der Waals surface area contributed by atoms with Gasteiger partial charge in [-0.25, -0.2) is 61.9 Å². The summed E-state index contributed by atoms with van der Waals surface area (Å²) in [6.45, 7) is 18.0. The maximum atomic E-state index is 14.3. The summed E-state index contributed by atoms with van der Waals surface area (Å²) in [5, 5.41) is 20.6. The Morgan fingerprint density at radius 1 is 0.571 bits per heavy atom. The molecule has 0 saturated carbocycles. The molecule has 9 aliphatic heterocycles. The van der Waals surface area contributed by atoms with Gasteiger partial charge in [0, 0.05) is 101 Å². The molecule has 0 aliphatic carbocycles. The molecule has 6 fully saturated rings. The zero-order chi connectivity index (χ0) is 76.8. The Morgan fingerprint density at radius 3 is 1.32 bits per heavy atom. The summed E-state index contributed by atoms with van der Waals surface area (Å²) in [6.07, 6.45) is 13.0. The minimum Gasteiger partial charge on any atom is -1.00 e. The summed E-state index contributed by atoms with van der Waals surface area (Å²) in [6, 6.07) is 12.6. The minimum absolute atomic E-state index is 0. The van der Waals surface area contributed by atoms with Crippen LogP contribution in [0.3, 0.4) is 0 Å². The third-order valence-electron chi connectivity index (χ3n) is 21.6. The van der Waals surface area contributed by atoms with Crippen LogP contribution < -0.4 is 102 Å². The van der Waals surface area contributed by atoms with E-state index >= 15 is 0 Å². The number of carbonyl (C=O) groups excluding carboxylic acids is 1. The number of aromatic nitrogens is 12. The maximum Gasteiger partial charge on any atom is 1.00 e. The van der Waals surface area contributed by atoms with E-state index in [1.165, 1.54) is 36.4 Å². The molecule has 9 aromatic rings. The van der Waals surface area contributed by atoms with Crippen LogP contribution in [0, 0.1) is 49.3 Å². The molecule has 3 spiro atoms. The van der Waals surface area contributed by atoms with Crippen molar-refractivity contribution in [3.05, 3.63) is 122 Å². The Bertz CT molecular complexity index is 4830. The van der Waals surface area contributed by atoms with Gasteiger partial charge in [0.25, 0.3) is 1.45 Å². The first-order chi connectivity index (χ1) is 52.4. The second-order valence-electron chi connectivity index (χ2n) is 29.9. The number of alkyl carbamates (subject to hydrolysis) is 1. The number of aryl methyl sites for hydroxylation is 3. The summed E-state index contributed by atoms with van der Waals surface area (Å²) in [7, 11) is 0. The number of nitrogens with zero attached hydrogens (tertiary/aromatic N) is 14. The molecule has 15 heterocycles. The van der Waals surface area contributed by atoms with Crippen LogP contribution in [-0.2, 0) is 18.9 Å². The number of nitrogens with one attached hydrogen (secondary N) is 2. The smallest absolute Gasteiger partial charge is 1.00 e. The number of rotatable bonds is 6. The van der Waals surface area contributed by atoms with Crippen LogP contribution >= 0.6 is 104 Å². The van der Waals surface area contributed by atoms with E-state index in [0.717, 1.165) is 207 Å². The molecular formula is C74H90Cl3F5I3KN18O8. The van der Waals surface area contributed by atoms with Gasteiger partial charge in [0.1, 0.15) is 79.7 Å². The normalized spacial score (nSPS) is 22.3. The summed E-state index contributed by atoms with van der Waals surface area (Å²) >= 11 is 12.7. The molecular weight excluding hydrogens is 1890 g/mol. The van der Waals surface area contributed by atoms with Crippen molar-refractivity contribution < 1.29 is 112 Å². The Morgan fingerprint density at radius 2 is 0.929 bits per heavy atom. The molecule has 9 aliphatic rings. The van der Waals surface area contributed by atoms with Crippen molar-refractivity contribution in [1.82, 2.24) is 69.9 Å². The molecule has 3 unspecified atom stereocenters. The van der Waals surface area contributed by atoms with Crippen LogP contribution in [-0.4, -0.2) is 148 Å². The van der Waals surface area contributed by atoms with Gasteiger partial charge >= 0.3 is 57.5 Å². The summed E-state index contributed by atoms with van der Waals surface area (Å²) < 4.78 is 104. The first-order valence-electron chi connectivity index (χ1n) is 37.2. The zero-order valence-electron chi connectivity index (χ0n) is 64.0. The Labute approximate surface area is 747 Å². The van der Waals surface area contributed by atoms with Gasteiger partial charge in [0.05, 0.1) is 29.2 Å². The number of amides is 1. The summed E-state index contributed by atoms with van der Waals surface area (Å²) in [5.41, 5.74) is 19.8. The molecule has 1 amide bonds. The predicted molar refractivity (Wildman–Crippen MR) is 437 cm³/mol. The molecule has 18 rings (SSSR count). The maximum absolute atomic E-state index is 14.3. The van der Waals surface area contributed by atoms with Crippen LogP contribution in [0.15, 0.2) is 54.6 Å². The van der Waals surface area contributed by atoms with Gasteiger partial charge in [-0.05, 0) is 235 Å². The third-order valence-corrected chi connectivity index (χ3v) is 24.1. The van der Waals surface area contributed by atoms with Crippen LogP contribution in [0.1, 0.15) is 188 Å². The molecule has 602 valence electrons. The minimum atomic E-state index is -0.734. The van der Waals surface area contributed by atoms with Crippen LogP contribution in [0.5, 0.6) is 17.2 Å². The second-order valence-corrected chi connectivity index (χ2v) is 33.3. The number of halogens is 11. The Hall–Kier alpha value is -4.31.